The largest absolute Gasteiger partial charge is 0.362 e. The first-order valence-electron chi connectivity index (χ1n) is 8.54. The first-order chi connectivity index (χ1) is 9.51. The summed E-state index contributed by atoms with van der Waals surface area (Å²) in [6.45, 7) is 18.8. The summed E-state index contributed by atoms with van der Waals surface area (Å²) in [4.78, 5) is 9.83. The third kappa shape index (κ3) is 3.44. The van der Waals surface area contributed by atoms with E-state index < -0.39 is 0 Å². The molecular formula is C18H35N3. The smallest absolute Gasteiger partial charge is 0.0991 e. The number of nitrogens with zero attached hydrogens (tertiary/aromatic N) is 3. The average Bonchev–Trinajstić information content (AvgIpc) is 2.83. The van der Waals surface area contributed by atoms with Gasteiger partial charge in [0.15, 0.2) is 0 Å². The van der Waals surface area contributed by atoms with Crippen molar-refractivity contribution in [1.82, 2.24) is 9.80 Å². The second kappa shape index (κ2) is 5.57. The minimum atomic E-state index is 0.232. The van der Waals surface area contributed by atoms with E-state index in [1.165, 1.54) is 12.3 Å². The monoisotopic (exact) mass is 293 g/mol. The van der Waals surface area contributed by atoms with Gasteiger partial charge >= 0.3 is 0 Å². The van der Waals surface area contributed by atoms with Crippen LogP contribution in [0.15, 0.2) is 4.99 Å². The van der Waals surface area contributed by atoms with Crippen LogP contribution in [-0.4, -0.2) is 53.4 Å². The van der Waals surface area contributed by atoms with Gasteiger partial charge in [-0.1, -0.05) is 20.8 Å². The summed E-state index contributed by atoms with van der Waals surface area (Å²) in [7, 11) is 2.19. The average molecular weight is 293 g/mol. The van der Waals surface area contributed by atoms with Gasteiger partial charge in [0, 0.05) is 37.6 Å². The van der Waals surface area contributed by atoms with Crippen molar-refractivity contribution in [3.05, 3.63) is 0 Å². The highest BCUT2D eigenvalue weighted by atomic mass is 15.3. The number of likely N-dealkylation sites (N-methyl/N-ethyl adjacent to an activating group) is 1. The Morgan fingerprint density at radius 3 is 2.14 bits per heavy atom. The highest BCUT2D eigenvalue weighted by Gasteiger charge is 2.48. The molecule has 0 aliphatic carbocycles. The van der Waals surface area contributed by atoms with Gasteiger partial charge in [-0.15, -0.1) is 0 Å². The van der Waals surface area contributed by atoms with Gasteiger partial charge in [-0.3, -0.25) is 9.89 Å². The Kier molecular flexibility index (Phi) is 4.45. The minimum Gasteiger partial charge on any atom is -0.362 e. The molecule has 0 aromatic rings. The number of likely N-dealkylation sites (tertiary alicyclic amines) is 1. The van der Waals surface area contributed by atoms with Crippen LogP contribution < -0.4 is 0 Å². The molecule has 2 heterocycles. The molecule has 0 N–H and O–H groups in total. The summed E-state index contributed by atoms with van der Waals surface area (Å²) < 4.78 is 0. The zero-order valence-corrected chi connectivity index (χ0v) is 15.4. The fourth-order valence-corrected chi connectivity index (χ4v) is 4.25. The van der Waals surface area contributed by atoms with Gasteiger partial charge < -0.3 is 4.90 Å². The van der Waals surface area contributed by atoms with Gasteiger partial charge in [0.1, 0.15) is 0 Å². The SMILES string of the molecule is C[C@@H]1[C@@H](CC2=NCCN2C)C[C@@H](C(C)(C)C)N1C(C)(C)C. The zero-order valence-electron chi connectivity index (χ0n) is 15.4. The van der Waals surface area contributed by atoms with E-state index in [0.717, 1.165) is 25.4 Å². The maximum Gasteiger partial charge on any atom is 0.0991 e. The standard InChI is InChI=1S/C18H35N3/c1-13-14(12-16-19-9-10-20(16)8)11-15(17(2,3)4)21(13)18(5,6)7/h13-15H,9-12H2,1-8H3/t13-,14-,15+/m1/s1. The topological polar surface area (TPSA) is 18.8 Å². The molecule has 2 aliphatic heterocycles. The molecule has 1 saturated heterocycles. The van der Waals surface area contributed by atoms with Crippen molar-refractivity contribution in [1.29, 1.82) is 0 Å². The highest BCUT2D eigenvalue weighted by Crippen LogP contribution is 2.44. The summed E-state index contributed by atoms with van der Waals surface area (Å²) in [6, 6.07) is 1.29. The highest BCUT2D eigenvalue weighted by molar-refractivity contribution is 5.83. The van der Waals surface area contributed by atoms with E-state index in [1.807, 2.05) is 0 Å². The quantitative estimate of drug-likeness (QED) is 0.774. The van der Waals surface area contributed by atoms with Crippen LogP contribution in [0.4, 0.5) is 0 Å². The predicted octanol–water partition coefficient (Wildman–Crippen LogP) is 3.64. The third-order valence-corrected chi connectivity index (χ3v) is 5.37. The van der Waals surface area contributed by atoms with Crippen LogP contribution >= 0.6 is 0 Å². The molecule has 0 aromatic carbocycles. The van der Waals surface area contributed by atoms with E-state index in [0.29, 0.717) is 17.5 Å². The normalized spacial score (nSPS) is 31.9. The summed E-state index contributed by atoms with van der Waals surface area (Å²) >= 11 is 0. The molecular weight excluding hydrogens is 258 g/mol. The lowest BCUT2D eigenvalue weighted by atomic mass is 9.82. The Balaban J connectivity index is 2.18. The second-order valence-electron chi connectivity index (χ2n) is 9.12. The Hall–Kier alpha value is -0.570. The van der Waals surface area contributed by atoms with Gasteiger partial charge in [0.25, 0.3) is 0 Å². The summed E-state index contributed by atoms with van der Waals surface area (Å²) in [5, 5.41) is 0. The summed E-state index contributed by atoms with van der Waals surface area (Å²) in [5.74, 6) is 2.06. The van der Waals surface area contributed by atoms with Crippen LogP contribution in [-0.2, 0) is 0 Å². The maximum atomic E-state index is 4.71. The van der Waals surface area contributed by atoms with Crippen LogP contribution in [0.5, 0.6) is 0 Å². The molecule has 0 bridgehead atoms. The van der Waals surface area contributed by atoms with Crippen molar-refractivity contribution in [2.45, 2.75) is 78.9 Å². The molecule has 3 nitrogen and oxygen atoms in total. The van der Waals surface area contributed by atoms with Crippen molar-refractivity contribution in [3.63, 3.8) is 0 Å². The third-order valence-electron chi connectivity index (χ3n) is 5.37. The predicted molar refractivity (Wildman–Crippen MR) is 92.0 cm³/mol. The molecule has 0 spiro atoms. The van der Waals surface area contributed by atoms with Crippen molar-refractivity contribution < 1.29 is 0 Å². The molecule has 122 valence electrons. The summed E-state index contributed by atoms with van der Waals surface area (Å²) in [5.41, 5.74) is 0.565. The van der Waals surface area contributed by atoms with E-state index in [9.17, 15) is 0 Å². The molecule has 2 rings (SSSR count). The first-order valence-corrected chi connectivity index (χ1v) is 8.54. The van der Waals surface area contributed by atoms with Crippen molar-refractivity contribution in [3.8, 4) is 0 Å². The van der Waals surface area contributed by atoms with Gasteiger partial charge in [0.05, 0.1) is 12.4 Å². The Morgan fingerprint density at radius 1 is 1.14 bits per heavy atom. The fraction of sp³-hybridized carbons (Fsp3) is 0.944. The Bertz CT molecular complexity index is 400. The lowest BCUT2D eigenvalue weighted by Crippen LogP contribution is -2.52. The Labute approximate surface area is 131 Å². The number of amidine groups is 1. The van der Waals surface area contributed by atoms with Crippen molar-refractivity contribution >= 4 is 5.84 Å². The molecule has 0 radical (unpaired) electrons. The number of hydrogen-bond donors (Lipinski definition) is 0. The van der Waals surface area contributed by atoms with E-state index in [1.54, 1.807) is 0 Å². The van der Waals surface area contributed by atoms with Crippen molar-refractivity contribution in [2.24, 2.45) is 16.3 Å². The molecule has 2 aliphatic rings. The fourth-order valence-electron chi connectivity index (χ4n) is 4.25. The Morgan fingerprint density at radius 2 is 1.76 bits per heavy atom. The van der Waals surface area contributed by atoms with Gasteiger partial charge in [-0.05, 0) is 45.4 Å². The minimum absolute atomic E-state index is 0.232. The molecule has 21 heavy (non-hydrogen) atoms. The van der Waals surface area contributed by atoms with Crippen LogP contribution in [0.1, 0.15) is 61.3 Å². The van der Waals surface area contributed by atoms with E-state index >= 15 is 0 Å². The zero-order chi connectivity index (χ0) is 16.0. The number of aliphatic imine (C=N–C) groups is 1. The molecule has 0 amide bonds. The van der Waals surface area contributed by atoms with E-state index in [4.69, 9.17) is 4.99 Å². The first kappa shape index (κ1) is 16.8. The van der Waals surface area contributed by atoms with Crippen LogP contribution in [0.2, 0.25) is 0 Å². The molecule has 0 unspecified atom stereocenters. The van der Waals surface area contributed by atoms with Gasteiger partial charge in [-0.2, -0.15) is 0 Å². The molecule has 0 aromatic heterocycles. The van der Waals surface area contributed by atoms with Gasteiger partial charge in [0.2, 0.25) is 0 Å². The number of rotatable bonds is 2. The maximum absolute atomic E-state index is 4.71. The van der Waals surface area contributed by atoms with Gasteiger partial charge in [-0.25, -0.2) is 0 Å². The molecule has 0 saturated carbocycles. The lowest BCUT2D eigenvalue weighted by molar-refractivity contribution is 0.0279. The van der Waals surface area contributed by atoms with Crippen LogP contribution in [0.3, 0.4) is 0 Å². The van der Waals surface area contributed by atoms with E-state index in [-0.39, 0.29) is 5.54 Å². The molecule has 3 heteroatoms. The molecule has 3 atom stereocenters. The van der Waals surface area contributed by atoms with Crippen molar-refractivity contribution in [2.75, 3.05) is 20.1 Å². The van der Waals surface area contributed by atoms with Crippen LogP contribution in [0, 0.1) is 11.3 Å². The van der Waals surface area contributed by atoms with E-state index in [2.05, 4.69) is 65.3 Å². The molecule has 1 fully saturated rings. The van der Waals surface area contributed by atoms with Crippen LogP contribution in [0.25, 0.3) is 0 Å². The number of hydrogen-bond acceptors (Lipinski definition) is 3. The lowest BCUT2D eigenvalue weighted by Gasteiger charge is -2.45. The summed E-state index contributed by atoms with van der Waals surface area (Å²) in [6.07, 6.45) is 2.45. The second-order valence-corrected chi connectivity index (χ2v) is 9.12.